The second-order valence-electron chi connectivity index (χ2n) is 28.5. The van der Waals surface area contributed by atoms with Crippen molar-refractivity contribution in [2.24, 2.45) is 0 Å². The SMILES string of the molecule is CCCCCCC/C=C/CC/C=C/CC/C=C/C(O)C(COC1OC(CO)C(OC2OC(CO)C(OC3OC(CO)C(O)C(O)C3O)C(O)C2O)C(O)C1O)NC(=O)CCCCCCCCCCCCCCCCCCCCCCCCCCCCCCCCCCCCCCC. The molecule has 0 bridgehead atoms. The van der Waals surface area contributed by atoms with E-state index in [1.807, 2.05) is 6.08 Å². The molecule has 0 aromatic heterocycles. The molecule has 1 amide bonds. The number of ether oxygens (including phenoxy) is 6. The van der Waals surface area contributed by atoms with E-state index >= 15 is 0 Å². The molecule has 0 radical (unpaired) electrons. The fourth-order valence-electron chi connectivity index (χ4n) is 13.5. The maximum atomic E-state index is 13.4. The highest BCUT2D eigenvalue weighted by atomic mass is 16.8. The Balaban J connectivity index is 1.31. The van der Waals surface area contributed by atoms with Gasteiger partial charge in [0.15, 0.2) is 18.9 Å². The van der Waals surface area contributed by atoms with Crippen molar-refractivity contribution < 1.29 is 89.4 Å². The average molecular weight is 1390 g/mol. The Morgan fingerprint density at radius 2 is 0.660 bits per heavy atom. The van der Waals surface area contributed by atoms with Gasteiger partial charge in [-0.25, -0.2) is 0 Å². The number of carbonyl (C=O) groups excluding carboxylic acids is 1. The van der Waals surface area contributed by atoms with Crippen molar-refractivity contribution in [2.75, 3.05) is 26.4 Å². The van der Waals surface area contributed by atoms with Crippen LogP contribution in [0.25, 0.3) is 0 Å². The quantitative estimate of drug-likeness (QED) is 0.0199. The highest BCUT2D eigenvalue weighted by Gasteiger charge is 2.53. The largest absolute Gasteiger partial charge is 0.394 e. The summed E-state index contributed by atoms with van der Waals surface area (Å²) in [4.78, 5) is 13.4. The van der Waals surface area contributed by atoms with Crippen molar-refractivity contribution in [3.05, 3.63) is 36.5 Å². The van der Waals surface area contributed by atoms with Crippen LogP contribution in [0.15, 0.2) is 36.5 Å². The van der Waals surface area contributed by atoms with Gasteiger partial charge in [0.2, 0.25) is 5.91 Å². The van der Waals surface area contributed by atoms with Crippen molar-refractivity contribution in [1.29, 1.82) is 0 Å². The van der Waals surface area contributed by atoms with Gasteiger partial charge in [0.1, 0.15) is 73.2 Å². The summed E-state index contributed by atoms with van der Waals surface area (Å²) in [6.07, 6.45) is 46.0. The molecule has 12 N–H and O–H groups in total. The minimum atomic E-state index is -1.98. The summed E-state index contributed by atoms with van der Waals surface area (Å²) < 4.78 is 34.4. The van der Waals surface area contributed by atoms with E-state index in [9.17, 15) is 61.0 Å². The molecule has 97 heavy (non-hydrogen) atoms. The maximum absolute atomic E-state index is 13.4. The fraction of sp³-hybridized carbons (Fsp3) is 0.910. The van der Waals surface area contributed by atoms with E-state index < -0.39 is 124 Å². The third kappa shape index (κ3) is 40.0. The molecule has 3 saturated heterocycles. The molecule has 3 aliphatic rings. The Hall–Kier alpha value is -1.99. The Kier molecular flexibility index (Phi) is 54.6. The molecule has 0 aromatic rings. The van der Waals surface area contributed by atoms with Crippen LogP contribution in [0.1, 0.15) is 322 Å². The second-order valence-corrected chi connectivity index (χ2v) is 28.5. The number of aliphatic hydroxyl groups excluding tert-OH is 11. The molecule has 0 aliphatic carbocycles. The van der Waals surface area contributed by atoms with Crippen molar-refractivity contribution >= 4 is 5.91 Å². The number of amides is 1. The number of aliphatic hydroxyl groups is 11. The number of carbonyl (C=O) groups is 1. The highest BCUT2D eigenvalue weighted by Crippen LogP contribution is 2.33. The van der Waals surface area contributed by atoms with Crippen LogP contribution in [-0.4, -0.2) is 193 Å². The third-order valence-corrected chi connectivity index (χ3v) is 19.9. The first-order valence-electron chi connectivity index (χ1n) is 39.7. The molecular weight excluding hydrogens is 1240 g/mol. The summed E-state index contributed by atoms with van der Waals surface area (Å²) >= 11 is 0. The van der Waals surface area contributed by atoms with Gasteiger partial charge >= 0.3 is 0 Å². The number of hydrogen-bond donors (Lipinski definition) is 12. The van der Waals surface area contributed by atoms with Crippen molar-refractivity contribution in [3.8, 4) is 0 Å². The smallest absolute Gasteiger partial charge is 0.220 e. The summed E-state index contributed by atoms with van der Waals surface area (Å²) in [5.74, 6) is -0.284. The van der Waals surface area contributed by atoms with E-state index in [4.69, 9.17) is 28.4 Å². The van der Waals surface area contributed by atoms with Crippen molar-refractivity contribution in [1.82, 2.24) is 5.32 Å². The average Bonchev–Trinajstić information content (AvgIpc) is 0.790. The van der Waals surface area contributed by atoms with Gasteiger partial charge in [0.05, 0.1) is 38.6 Å². The van der Waals surface area contributed by atoms with Crippen LogP contribution in [0.2, 0.25) is 0 Å². The van der Waals surface area contributed by atoms with Gasteiger partial charge in [-0.3, -0.25) is 4.79 Å². The molecule has 3 rings (SSSR count). The second kappa shape index (κ2) is 59.4. The molecule has 0 saturated carbocycles. The van der Waals surface area contributed by atoms with Crippen molar-refractivity contribution in [3.63, 3.8) is 0 Å². The Morgan fingerprint density at radius 3 is 1.03 bits per heavy atom. The zero-order chi connectivity index (χ0) is 70.4. The number of nitrogens with one attached hydrogen (secondary N) is 1. The molecule has 19 heteroatoms. The van der Waals surface area contributed by atoms with E-state index in [-0.39, 0.29) is 18.9 Å². The standard InChI is InChI=1S/C78H145NO18/c1-3-5-7-9-11-13-15-17-19-20-21-22-23-24-25-26-27-28-29-30-31-32-33-34-35-36-37-38-39-40-42-44-46-48-50-52-54-56-66(84)79-61(62(83)55-53-51-49-47-45-43-41-18-16-14-12-10-8-6-4-2)60-92-76-72(90)69(87)74(64(58-81)94-76)97-78-73(91)70(88)75(65(59-82)95-78)96-77-71(89)68(86)67(85)63(57-80)93-77/h16,18,45,47,53,55,61-65,67-78,80-83,85-91H,3-15,17,19-44,46,48-52,54,56-60H2,1-2H3,(H,79,84)/b18-16+,47-45+,55-53+. The predicted molar refractivity (Wildman–Crippen MR) is 383 cm³/mol. The number of hydrogen-bond acceptors (Lipinski definition) is 18. The zero-order valence-electron chi connectivity index (χ0n) is 60.8. The van der Waals surface area contributed by atoms with Crippen LogP contribution in [-0.2, 0) is 33.2 Å². The van der Waals surface area contributed by atoms with E-state index in [1.54, 1.807) is 6.08 Å². The van der Waals surface area contributed by atoms with Crippen LogP contribution < -0.4 is 5.32 Å². The van der Waals surface area contributed by atoms with Crippen LogP contribution >= 0.6 is 0 Å². The highest BCUT2D eigenvalue weighted by molar-refractivity contribution is 5.76. The molecular formula is C78H145NO18. The summed E-state index contributed by atoms with van der Waals surface area (Å²) in [6, 6.07) is -0.995. The van der Waals surface area contributed by atoms with E-state index in [0.29, 0.717) is 12.8 Å². The van der Waals surface area contributed by atoms with Crippen LogP contribution in [0.5, 0.6) is 0 Å². The molecule has 3 fully saturated rings. The molecule has 19 nitrogen and oxygen atoms in total. The lowest BCUT2D eigenvalue weighted by Gasteiger charge is -2.48. The first kappa shape index (κ1) is 89.2. The van der Waals surface area contributed by atoms with E-state index in [2.05, 4.69) is 43.5 Å². The van der Waals surface area contributed by atoms with Gasteiger partial charge in [-0.05, 0) is 44.9 Å². The number of allylic oxidation sites excluding steroid dienone is 5. The maximum Gasteiger partial charge on any atom is 0.220 e. The zero-order valence-corrected chi connectivity index (χ0v) is 60.8. The minimum absolute atomic E-state index is 0.236. The molecule has 17 unspecified atom stereocenters. The van der Waals surface area contributed by atoms with Gasteiger partial charge in [-0.15, -0.1) is 0 Å². The number of rotatable bonds is 63. The predicted octanol–water partition coefficient (Wildman–Crippen LogP) is 12.7. The Bertz CT molecular complexity index is 1900. The van der Waals surface area contributed by atoms with Gasteiger partial charge in [-0.1, -0.05) is 307 Å². The summed E-state index contributed by atoms with van der Waals surface area (Å²) in [6.45, 7) is 1.72. The van der Waals surface area contributed by atoms with Crippen LogP contribution in [0, 0.1) is 0 Å². The summed E-state index contributed by atoms with van der Waals surface area (Å²) in [7, 11) is 0. The molecule has 17 atom stereocenters. The minimum Gasteiger partial charge on any atom is -0.394 e. The molecule has 0 spiro atoms. The van der Waals surface area contributed by atoms with E-state index in [1.165, 1.54) is 244 Å². The van der Waals surface area contributed by atoms with Gasteiger partial charge in [0.25, 0.3) is 0 Å². The van der Waals surface area contributed by atoms with Crippen molar-refractivity contribution in [2.45, 2.75) is 426 Å². The normalized spacial score (nSPS) is 27.0. The summed E-state index contributed by atoms with van der Waals surface area (Å²) in [5.41, 5.74) is 0. The van der Waals surface area contributed by atoms with Gasteiger partial charge in [-0.2, -0.15) is 0 Å². The van der Waals surface area contributed by atoms with Gasteiger partial charge in [0, 0.05) is 6.42 Å². The monoisotopic (exact) mass is 1380 g/mol. The van der Waals surface area contributed by atoms with Crippen LogP contribution in [0.4, 0.5) is 0 Å². The lowest BCUT2D eigenvalue weighted by molar-refractivity contribution is -0.379. The molecule has 3 aliphatic heterocycles. The molecule has 0 aromatic carbocycles. The Labute approximate surface area is 587 Å². The lowest BCUT2D eigenvalue weighted by atomic mass is 9.96. The summed E-state index contributed by atoms with van der Waals surface area (Å²) in [5, 5.41) is 121. The Morgan fingerprint density at radius 1 is 0.361 bits per heavy atom. The first-order valence-corrected chi connectivity index (χ1v) is 39.7. The third-order valence-electron chi connectivity index (χ3n) is 19.9. The fourth-order valence-corrected chi connectivity index (χ4v) is 13.5. The molecule has 570 valence electrons. The topological polar surface area (TPSA) is 307 Å². The lowest BCUT2D eigenvalue weighted by Crippen LogP contribution is -2.66. The van der Waals surface area contributed by atoms with Gasteiger partial charge < -0.3 is 89.9 Å². The molecule has 3 heterocycles. The number of unbranched alkanes of at least 4 members (excludes halogenated alkanes) is 43. The van der Waals surface area contributed by atoms with Crippen LogP contribution in [0.3, 0.4) is 0 Å². The first-order chi connectivity index (χ1) is 47.3. The van der Waals surface area contributed by atoms with E-state index in [0.717, 1.165) is 44.9 Å².